The second kappa shape index (κ2) is 4.28. The van der Waals surface area contributed by atoms with Crippen molar-refractivity contribution >= 4 is 0 Å². The van der Waals surface area contributed by atoms with Crippen molar-refractivity contribution in [3.8, 4) is 0 Å². The first-order valence-electron chi connectivity index (χ1n) is 5.42. The van der Waals surface area contributed by atoms with Crippen molar-refractivity contribution in [3.05, 3.63) is 11.6 Å². The van der Waals surface area contributed by atoms with Gasteiger partial charge in [-0.25, -0.2) is 0 Å². The van der Waals surface area contributed by atoms with Gasteiger partial charge in [-0.2, -0.15) is 0 Å². The van der Waals surface area contributed by atoms with Gasteiger partial charge >= 0.3 is 0 Å². The van der Waals surface area contributed by atoms with Crippen LogP contribution in [0.1, 0.15) is 52.9 Å². The van der Waals surface area contributed by atoms with Gasteiger partial charge in [-0.05, 0) is 44.9 Å². The molecule has 0 amide bonds. The zero-order valence-electron chi connectivity index (χ0n) is 9.14. The predicted octanol–water partition coefficient (Wildman–Crippen LogP) is 3.28. The van der Waals surface area contributed by atoms with Crippen molar-refractivity contribution in [1.29, 1.82) is 0 Å². The topological polar surface area (TPSA) is 20.2 Å². The summed E-state index contributed by atoms with van der Waals surface area (Å²) in [5, 5.41) is 9.91. The van der Waals surface area contributed by atoms with E-state index in [1.165, 1.54) is 24.8 Å². The minimum atomic E-state index is -0.0863. The van der Waals surface area contributed by atoms with E-state index in [9.17, 15) is 5.11 Å². The third-order valence-corrected chi connectivity index (χ3v) is 3.36. The minimum absolute atomic E-state index is 0.0863. The molecule has 0 saturated heterocycles. The molecule has 0 bridgehead atoms. The van der Waals surface area contributed by atoms with Gasteiger partial charge in [0.25, 0.3) is 0 Å². The highest BCUT2D eigenvalue weighted by molar-refractivity contribution is 5.03. The van der Waals surface area contributed by atoms with Crippen LogP contribution in [-0.2, 0) is 0 Å². The molecule has 0 radical (unpaired) electrons. The Hall–Kier alpha value is -0.300. The van der Waals surface area contributed by atoms with Crippen molar-refractivity contribution < 1.29 is 5.11 Å². The molecule has 0 spiro atoms. The van der Waals surface area contributed by atoms with Gasteiger partial charge in [-0.15, -0.1) is 0 Å². The second-order valence-electron chi connectivity index (χ2n) is 4.63. The van der Waals surface area contributed by atoms with Crippen LogP contribution in [0.5, 0.6) is 0 Å². The number of hydrogen-bond acceptors (Lipinski definition) is 1. The van der Waals surface area contributed by atoms with Crippen molar-refractivity contribution in [2.45, 2.75) is 59.0 Å². The van der Waals surface area contributed by atoms with Crippen LogP contribution in [0, 0.1) is 5.41 Å². The first-order valence-corrected chi connectivity index (χ1v) is 5.42. The van der Waals surface area contributed by atoms with Gasteiger partial charge in [0.2, 0.25) is 0 Å². The van der Waals surface area contributed by atoms with Crippen molar-refractivity contribution in [3.63, 3.8) is 0 Å². The summed E-state index contributed by atoms with van der Waals surface area (Å²) in [5.74, 6) is 0. The normalized spacial score (nSPS) is 21.8. The maximum Gasteiger partial charge on any atom is 0.0596 e. The Labute approximate surface area is 81.9 Å². The molecule has 76 valence electrons. The van der Waals surface area contributed by atoms with Crippen LogP contribution in [0.15, 0.2) is 11.6 Å². The Morgan fingerprint density at radius 2 is 2.08 bits per heavy atom. The molecule has 1 rings (SSSR count). The van der Waals surface area contributed by atoms with E-state index in [0.717, 1.165) is 12.8 Å². The lowest BCUT2D eigenvalue weighted by Crippen LogP contribution is -2.40. The van der Waals surface area contributed by atoms with E-state index in [1.54, 1.807) is 0 Å². The average molecular weight is 182 g/mol. The monoisotopic (exact) mass is 182 g/mol. The molecule has 0 aliphatic heterocycles. The van der Waals surface area contributed by atoms with Gasteiger partial charge in [0, 0.05) is 0 Å². The van der Waals surface area contributed by atoms with Gasteiger partial charge in [-0.1, -0.05) is 25.0 Å². The SMILES string of the molecule is CCC(O)C1(CC=C(C)C)CCC1. The lowest BCUT2D eigenvalue weighted by atomic mass is 9.62. The van der Waals surface area contributed by atoms with E-state index in [1.807, 2.05) is 0 Å². The summed E-state index contributed by atoms with van der Waals surface area (Å²) in [5.41, 5.74) is 1.61. The quantitative estimate of drug-likeness (QED) is 0.661. The number of aliphatic hydroxyl groups excluding tert-OH is 1. The number of allylic oxidation sites excluding steroid dienone is 2. The summed E-state index contributed by atoms with van der Waals surface area (Å²) in [6, 6.07) is 0. The molecule has 1 saturated carbocycles. The van der Waals surface area contributed by atoms with Crippen LogP contribution in [0.2, 0.25) is 0 Å². The smallest absolute Gasteiger partial charge is 0.0596 e. The molecule has 1 N–H and O–H groups in total. The van der Waals surface area contributed by atoms with Gasteiger partial charge in [0.1, 0.15) is 0 Å². The molecule has 1 heteroatoms. The van der Waals surface area contributed by atoms with Crippen LogP contribution >= 0.6 is 0 Å². The van der Waals surface area contributed by atoms with E-state index in [4.69, 9.17) is 0 Å². The molecule has 13 heavy (non-hydrogen) atoms. The molecule has 1 aliphatic carbocycles. The fourth-order valence-corrected chi connectivity index (χ4v) is 2.14. The van der Waals surface area contributed by atoms with Crippen LogP contribution in [-0.4, -0.2) is 11.2 Å². The van der Waals surface area contributed by atoms with E-state index in [-0.39, 0.29) is 11.5 Å². The molecule has 1 aliphatic rings. The largest absolute Gasteiger partial charge is 0.393 e. The van der Waals surface area contributed by atoms with Gasteiger partial charge < -0.3 is 5.11 Å². The molecule has 0 heterocycles. The minimum Gasteiger partial charge on any atom is -0.393 e. The predicted molar refractivity (Wildman–Crippen MR) is 56.6 cm³/mol. The summed E-state index contributed by atoms with van der Waals surface area (Å²) in [6.45, 7) is 6.34. The number of hydrogen-bond donors (Lipinski definition) is 1. The van der Waals surface area contributed by atoms with E-state index < -0.39 is 0 Å². The first-order chi connectivity index (χ1) is 6.10. The van der Waals surface area contributed by atoms with Crippen LogP contribution in [0.3, 0.4) is 0 Å². The zero-order valence-corrected chi connectivity index (χ0v) is 9.14. The van der Waals surface area contributed by atoms with Crippen LogP contribution in [0.25, 0.3) is 0 Å². The number of rotatable bonds is 4. The van der Waals surface area contributed by atoms with Gasteiger partial charge in [0.15, 0.2) is 0 Å². The van der Waals surface area contributed by atoms with E-state index in [2.05, 4.69) is 26.8 Å². The molecule has 1 unspecified atom stereocenters. The first kappa shape index (κ1) is 10.8. The van der Waals surface area contributed by atoms with Crippen molar-refractivity contribution in [2.75, 3.05) is 0 Å². The Balaban J connectivity index is 2.54. The van der Waals surface area contributed by atoms with Gasteiger partial charge in [-0.3, -0.25) is 0 Å². The molecule has 0 aromatic carbocycles. The van der Waals surface area contributed by atoms with Crippen LogP contribution in [0.4, 0.5) is 0 Å². The molecular formula is C12H22O. The average Bonchev–Trinajstić information content (AvgIpc) is 2.01. The standard InChI is InChI=1S/C12H22O/c1-4-11(13)12(7-5-8-12)9-6-10(2)3/h6,11,13H,4-5,7-9H2,1-3H3. The molecule has 1 fully saturated rings. The maximum atomic E-state index is 9.91. The third-order valence-electron chi connectivity index (χ3n) is 3.36. The van der Waals surface area contributed by atoms with Crippen molar-refractivity contribution in [2.24, 2.45) is 5.41 Å². The second-order valence-corrected chi connectivity index (χ2v) is 4.63. The van der Waals surface area contributed by atoms with Crippen LogP contribution < -0.4 is 0 Å². The molecular weight excluding hydrogens is 160 g/mol. The molecule has 1 atom stereocenters. The van der Waals surface area contributed by atoms with Crippen molar-refractivity contribution in [1.82, 2.24) is 0 Å². The summed E-state index contributed by atoms with van der Waals surface area (Å²) in [6.07, 6.45) is 7.89. The fraction of sp³-hybridized carbons (Fsp3) is 0.833. The van der Waals surface area contributed by atoms with Gasteiger partial charge in [0.05, 0.1) is 6.10 Å². The van der Waals surface area contributed by atoms with E-state index >= 15 is 0 Å². The number of aliphatic hydroxyl groups is 1. The highest BCUT2D eigenvalue weighted by Crippen LogP contribution is 2.48. The highest BCUT2D eigenvalue weighted by Gasteiger charge is 2.41. The van der Waals surface area contributed by atoms with E-state index in [0.29, 0.717) is 0 Å². The fourth-order valence-electron chi connectivity index (χ4n) is 2.14. The molecule has 0 aromatic heterocycles. The summed E-state index contributed by atoms with van der Waals surface area (Å²) in [7, 11) is 0. The maximum absolute atomic E-state index is 9.91. The molecule has 0 aromatic rings. The lowest BCUT2D eigenvalue weighted by Gasteiger charge is -2.45. The Morgan fingerprint density at radius 1 is 1.46 bits per heavy atom. The lowest BCUT2D eigenvalue weighted by molar-refractivity contribution is -0.0343. The third kappa shape index (κ3) is 2.34. The summed E-state index contributed by atoms with van der Waals surface area (Å²) in [4.78, 5) is 0. The summed E-state index contributed by atoms with van der Waals surface area (Å²) >= 11 is 0. The Bertz CT molecular complexity index is 185. The zero-order chi connectivity index (χ0) is 9.90. The highest BCUT2D eigenvalue weighted by atomic mass is 16.3. The Kier molecular flexibility index (Phi) is 3.55. The summed E-state index contributed by atoms with van der Waals surface area (Å²) < 4.78 is 0. The molecule has 1 nitrogen and oxygen atoms in total. The Morgan fingerprint density at radius 3 is 2.38 bits per heavy atom.